The molecular weight excluding hydrogens is 150 g/mol. The molecule has 0 saturated heterocycles. The Morgan fingerprint density at radius 3 is 2.17 bits per heavy atom. The Kier molecular flexibility index (Phi) is 4.78. The van der Waals surface area contributed by atoms with Crippen LogP contribution in [0.4, 0.5) is 0 Å². The molecule has 0 rings (SSSR count). The quantitative estimate of drug-likeness (QED) is 0.614. The molecule has 3 heteroatoms. The molecule has 0 amide bonds. The molecule has 0 aliphatic rings. The summed E-state index contributed by atoms with van der Waals surface area (Å²) in [5, 5.41) is 0. The Morgan fingerprint density at radius 1 is 1.33 bits per heavy atom. The number of nitrogens with two attached hydrogens (primary N) is 2. The summed E-state index contributed by atoms with van der Waals surface area (Å²) in [5.41, 5.74) is 12.0. The molecule has 0 spiro atoms. The van der Waals surface area contributed by atoms with Gasteiger partial charge in [-0.1, -0.05) is 20.4 Å². The summed E-state index contributed by atoms with van der Waals surface area (Å²) in [7, 11) is 0. The van der Waals surface area contributed by atoms with E-state index in [9.17, 15) is 0 Å². The Labute approximate surface area is 74.5 Å². The smallest absolute Gasteiger partial charge is 0.0498 e. The fourth-order valence-electron chi connectivity index (χ4n) is 0.684. The van der Waals surface area contributed by atoms with Crippen LogP contribution < -0.4 is 11.5 Å². The van der Waals surface area contributed by atoms with E-state index in [2.05, 4.69) is 11.6 Å². The zero-order chi connectivity index (χ0) is 9.72. The molecule has 4 N–H and O–H groups in total. The van der Waals surface area contributed by atoms with Crippen LogP contribution in [-0.4, -0.2) is 18.3 Å². The second-order valence-electron chi connectivity index (χ2n) is 3.40. The first-order chi connectivity index (χ1) is 5.45. The van der Waals surface area contributed by atoms with Gasteiger partial charge in [0.15, 0.2) is 0 Å². The van der Waals surface area contributed by atoms with Crippen LogP contribution in [0.1, 0.15) is 20.8 Å². The Bertz CT molecular complexity index is 171. The molecule has 2 atom stereocenters. The van der Waals surface area contributed by atoms with Crippen molar-refractivity contribution in [3.63, 3.8) is 0 Å². The van der Waals surface area contributed by atoms with E-state index in [1.807, 2.05) is 20.8 Å². The number of hydrogen-bond donors (Lipinski definition) is 2. The number of hydrogen-bond acceptors (Lipinski definition) is 3. The molecule has 0 aliphatic heterocycles. The van der Waals surface area contributed by atoms with Crippen molar-refractivity contribution < 1.29 is 0 Å². The average molecular weight is 169 g/mol. The van der Waals surface area contributed by atoms with Gasteiger partial charge in [-0.25, -0.2) is 0 Å². The maximum Gasteiger partial charge on any atom is 0.0498 e. The minimum Gasteiger partial charge on any atom is -0.323 e. The Morgan fingerprint density at radius 2 is 1.83 bits per heavy atom. The van der Waals surface area contributed by atoms with Crippen LogP contribution in [0.2, 0.25) is 0 Å². The highest BCUT2D eigenvalue weighted by molar-refractivity contribution is 5.64. The third kappa shape index (κ3) is 4.26. The van der Waals surface area contributed by atoms with Crippen LogP contribution >= 0.6 is 0 Å². The number of nitrogens with zero attached hydrogens (tertiary/aromatic N) is 1. The van der Waals surface area contributed by atoms with Gasteiger partial charge in [-0.3, -0.25) is 4.99 Å². The van der Waals surface area contributed by atoms with Gasteiger partial charge in [0.1, 0.15) is 0 Å². The van der Waals surface area contributed by atoms with Crippen molar-refractivity contribution in [1.82, 2.24) is 0 Å². The van der Waals surface area contributed by atoms with Gasteiger partial charge in [0.05, 0.1) is 0 Å². The molecule has 0 saturated carbocycles. The lowest BCUT2D eigenvalue weighted by Crippen LogP contribution is -2.28. The van der Waals surface area contributed by atoms with Gasteiger partial charge < -0.3 is 11.5 Å². The molecular formula is C9H19N3. The maximum absolute atomic E-state index is 5.79. The van der Waals surface area contributed by atoms with Crippen LogP contribution in [0.3, 0.4) is 0 Å². The van der Waals surface area contributed by atoms with Crippen LogP contribution in [0.15, 0.2) is 17.3 Å². The molecule has 0 aromatic carbocycles. The van der Waals surface area contributed by atoms with Crippen molar-refractivity contribution in [2.75, 3.05) is 0 Å². The highest BCUT2D eigenvalue weighted by atomic mass is 14.8. The van der Waals surface area contributed by atoms with Crippen molar-refractivity contribution in [2.45, 2.75) is 32.9 Å². The lowest BCUT2D eigenvalue weighted by molar-refractivity contribution is 0.546. The van der Waals surface area contributed by atoms with E-state index in [0.29, 0.717) is 11.6 Å². The van der Waals surface area contributed by atoms with E-state index in [4.69, 9.17) is 11.5 Å². The van der Waals surface area contributed by atoms with Gasteiger partial charge in [0, 0.05) is 24.0 Å². The summed E-state index contributed by atoms with van der Waals surface area (Å²) in [6, 6.07) is -0.110. The molecule has 0 bridgehead atoms. The third-order valence-electron chi connectivity index (χ3n) is 1.58. The minimum atomic E-state index is -0.0694. The SMILES string of the molecule is C=C(N=CC(C)N)[C@@H](N)C(C)C. The second kappa shape index (κ2) is 5.06. The first-order valence-electron chi connectivity index (χ1n) is 4.19. The third-order valence-corrected chi connectivity index (χ3v) is 1.58. The average Bonchev–Trinajstić information content (AvgIpc) is 1.98. The Hall–Kier alpha value is -0.670. The van der Waals surface area contributed by atoms with Gasteiger partial charge in [0.25, 0.3) is 0 Å². The summed E-state index contributed by atoms with van der Waals surface area (Å²) in [6.45, 7) is 9.71. The molecule has 0 heterocycles. The predicted octanol–water partition coefficient (Wildman–Crippen LogP) is 0.901. The summed E-state index contributed by atoms with van der Waals surface area (Å²) < 4.78 is 0. The van der Waals surface area contributed by atoms with Crippen LogP contribution in [0.5, 0.6) is 0 Å². The first-order valence-corrected chi connectivity index (χ1v) is 4.19. The van der Waals surface area contributed by atoms with E-state index < -0.39 is 0 Å². The van der Waals surface area contributed by atoms with Crippen molar-refractivity contribution in [3.8, 4) is 0 Å². The van der Waals surface area contributed by atoms with E-state index >= 15 is 0 Å². The molecule has 0 aliphatic carbocycles. The second-order valence-corrected chi connectivity index (χ2v) is 3.40. The molecule has 1 unspecified atom stereocenters. The Balaban J connectivity index is 4.04. The molecule has 0 radical (unpaired) electrons. The molecule has 70 valence electrons. The summed E-state index contributed by atoms with van der Waals surface area (Å²) in [6.07, 6.45) is 1.66. The predicted molar refractivity (Wildman–Crippen MR) is 54.1 cm³/mol. The van der Waals surface area contributed by atoms with Gasteiger partial charge in [-0.15, -0.1) is 0 Å². The standard InChI is InChI=1S/C9H19N3/c1-6(2)9(11)8(4)12-5-7(3)10/h5-7,9H,4,10-11H2,1-3H3/t7?,9-/m0/s1. The molecule has 3 nitrogen and oxygen atoms in total. The fourth-order valence-corrected chi connectivity index (χ4v) is 0.684. The van der Waals surface area contributed by atoms with Crippen molar-refractivity contribution in [1.29, 1.82) is 0 Å². The zero-order valence-corrected chi connectivity index (χ0v) is 8.12. The van der Waals surface area contributed by atoms with Crippen LogP contribution in [0.25, 0.3) is 0 Å². The van der Waals surface area contributed by atoms with Crippen LogP contribution in [0, 0.1) is 5.92 Å². The lowest BCUT2D eigenvalue weighted by atomic mass is 10.0. The summed E-state index contributed by atoms with van der Waals surface area (Å²) >= 11 is 0. The van der Waals surface area contributed by atoms with Gasteiger partial charge >= 0.3 is 0 Å². The van der Waals surface area contributed by atoms with E-state index in [0.717, 1.165) is 0 Å². The monoisotopic (exact) mass is 169 g/mol. The van der Waals surface area contributed by atoms with Gasteiger partial charge in [0.2, 0.25) is 0 Å². The van der Waals surface area contributed by atoms with Crippen molar-refractivity contribution in [3.05, 3.63) is 12.3 Å². The largest absolute Gasteiger partial charge is 0.323 e. The van der Waals surface area contributed by atoms with E-state index in [1.165, 1.54) is 0 Å². The molecule has 0 aromatic heterocycles. The molecule has 0 aromatic rings. The summed E-state index contributed by atoms with van der Waals surface area (Å²) in [5.74, 6) is 0.364. The number of rotatable bonds is 4. The lowest BCUT2D eigenvalue weighted by Gasteiger charge is -2.14. The normalized spacial score (nSPS) is 16.8. The number of aliphatic imine (C=N–C) groups is 1. The first kappa shape index (κ1) is 11.3. The highest BCUT2D eigenvalue weighted by Crippen LogP contribution is 2.07. The van der Waals surface area contributed by atoms with Crippen molar-refractivity contribution >= 4 is 6.21 Å². The summed E-state index contributed by atoms with van der Waals surface area (Å²) in [4.78, 5) is 4.08. The van der Waals surface area contributed by atoms with Crippen LogP contribution in [-0.2, 0) is 0 Å². The molecule has 12 heavy (non-hydrogen) atoms. The maximum atomic E-state index is 5.79. The van der Waals surface area contributed by atoms with E-state index in [-0.39, 0.29) is 12.1 Å². The minimum absolute atomic E-state index is 0.0406. The topological polar surface area (TPSA) is 64.4 Å². The molecule has 0 fully saturated rings. The fraction of sp³-hybridized carbons (Fsp3) is 0.667. The zero-order valence-electron chi connectivity index (χ0n) is 8.12. The van der Waals surface area contributed by atoms with E-state index in [1.54, 1.807) is 6.21 Å². The highest BCUT2D eigenvalue weighted by Gasteiger charge is 2.09. The van der Waals surface area contributed by atoms with Gasteiger partial charge in [-0.2, -0.15) is 0 Å². The van der Waals surface area contributed by atoms with Gasteiger partial charge in [-0.05, 0) is 12.8 Å². The van der Waals surface area contributed by atoms with Crippen molar-refractivity contribution in [2.24, 2.45) is 22.4 Å².